The number of benzene rings is 2. The minimum atomic E-state index is -4.00. The molecule has 0 spiro atoms. The highest BCUT2D eigenvalue weighted by atomic mass is 32.2. The zero-order valence-corrected chi connectivity index (χ0v) is 26.0. The van der Waals surface area contributed by atoms with Crippen molar-refractivity contribution in [3.63, 3.8) is 0 Å². The van der Waals surface area contributed by atoms with Crippen molar-refractivity contribution in [1.29, 1.82) is 0 Å². The molecule has 1 heterocycles. The fraction of sp³-hybridized carbons (Fsp3) is 0.567. The van der Waals surface area contributed by atoms with Crippen LogP contribution in [0.25, 0.3) is 0 Å². The van der Waals surface area contributed by atoms with Crippen molar-refractivity contribution in [2.75, 3.05) is 60.9 Å². The van der Waals surface area contributed by atoms with Gasteiger partial charge in [0, 0.05) is 6.54 Å². The number of methoxy groups -OCH3 is 3. The molecule has 2 atom stereocenters. The number of Topliss-reactive ketones (excluding diaryl/α,β-unsaturated/α-hetero) is 1. The second kappa shape index (κ2) is 14.7. The number of hydrogen-bond acceptors (Lipinski definition) is 10. The van der Waals surface area contributed by atoms with Crippen molar-refractivity contribution < 1.29 is 41.6 Å². The van der Waals surface area contributed by atoms with Gasteiger partial charge in [-0.2, -0.15) is 0 Å². The second-order valence-electron chi connectivity index (χ2n) is 10.3. The molecular formula is C30H43NO9S. The van der Waals surface area contributed by atoms with Crippen LogP contribution in [0.15, 0.2) is 29.2 Å². The van der Waals surface area contributed by atoms with E-state index in [0.717, 1.165) is 18.5 Å². The predicted octanol–water partition coefficient (Wildman–Crippen LogP) is 4.79. The number of sulfone groups is 1. The van der Waals surface area contributed by atoms with Gasteiger partial charge in [0.2, 0.25) is 5.75 Å². The van der Waals surface area contributed by atoms with E-state index in [0.29, 0.717) is 61.0 Å². The standard InChI is InChI=1S/C30H43NO9S/c1-8-13-39-30-27(38-14-9-12-31(3)4)17-22(18-28(30)41(33,34)19-20(2)32)24-11-10-23(40-24)21-15-25(35-5)29(37-7)26(16-21)36-6/h15-18,23-24H,8-14,19H2,1-7H3/t23-,24-/m0/s1. The van der Waals surface area contributed by atoms with E-state index < -0.39 is 27.5 Å². The maximum absolute atomic E-state index is 13.4. The van der Waals surface area contributed by atoms with Crippen molar-refractivity contribution in [2.24, 2.45) is 0 Å². The third-order valence-corrected chi connectivity index (χ3v) is 8.44. The fourth-order valence-electron chi connectivity index (χ4n) is 4.79. The first-order valence-electron chi connectivity index (χ1n) is 13.8. The number of nitrogens with zero attached hydrogens (tertiary/aromatic N) is 1. The maximum Gasteiger partial charge on any atom is 0.203 e. The van der Waals surface area contributed by atoms with Gasteiger partial charge in [0.25, 0.3) is 0 Å². The fourth-order valence-corrected chi connectivity index (χ4v) is 6.24. The van der Waals surface area contributed by atoms with Gasteiger partial charge < -0.3 is 33.3 Å². The summed E-state index contributed by atoms with van der Waals surface area (Å²) in [5.41, 5.74) is 1.50. The summed E-state index contributed by atoms with van der Waals surface area (Å²) in [4.78, 5) is 13.9. The van der Waals surface area contributed by atoms with Crippen LogP contribution in [0.1, 0.15) is 62.9 Å². The molecular weight excluding hydrogens is 550 g/mol. The molecule has 2 aromatic carbocycles. The quantitative estimate of drug-likeness (QED) is 0.252. The summed E-state index contributed by atoms with van der Waals surface area (Å²) in [7, 11) is 4.63. The molecule has 228 valence electrons. The summed E-state index contributed by atoms with van der Waals surface area (Å²) >= 11 is 0. The molecule has 1 saturated heterocycles. The molecule has 0 unspecified atom stereocenters. The number of ketones is 1. The minimum Gasteiger partial charge on any atom is -0.493 e. The number of carbonyl (C=O) groups excluding carboxylic acids is 1. The lowest BCUT2D eigenvalue weighted by atomic mass is 10.0. The lowest BCUT2D eigenvalue weighted by Gasteiger charge is -2.21. The van der Waals surface area contributed by atoms with Crippen molar-refractivity contribution in [3.8, 4) is 28.7 Å². The number of hydrogen-bond donors (Lipinski definition) is 0. The summed E-state index contributed by atoms with van der Waals surface area (Å²) < 4.78 is 61.8. The Bertz CT molecular complexity index is 1270. The average Bonchev–Trinajstić information content (AvgIpc) is 3.43. The van der Waals surface area contributed by atoms with Crippen LogP contribution in [0.3, 0.4) is 0 Å². The van der Waals surface area contributed by atoms with E-state index in [9.17, 15) is 13.2 Å². The molecule has 41 heavy (non-hydrogen) atoms. The Balaban J connectivity index is 2.02. The summed E-state index contributed by atoms with van der Waals surface area (Å²) in [5.74, 6) is 0.933. The number of ether oxygens (including phenoxy) is 6. The van der Waals surface area contributed by atoms with Gasteiger partial charge in [-0.3, -0.25) is 4.79 Å². The lowest BCUT2D eigenvalue weighted by molar-refractivity contribution is -0.114. The van der Waals surface area contributed by atoms with Crippen LogP contribution >= 0.6 is 0 Å². The largest absolute Gasteiger partial charge is 0.493 e. The average molecular weight is 594 g/mol. The Morgan fingerprint density at radius 1 is 0.878 bits per heavy atom. The van der Waals surface area contributed by atoms with E-state index in [1.165, 1.54) is 6.92 Å². The molecule has 0 N–H and O–H groups in total. The Morgan fingerprint density at radius 2 is 1.46 bits per heavy atom. The van der Waals surface area contributed by atoms with Crippen LogP contribution in [0, 0.1) is 0 Å². The molecule has 1 aliphatic heterocycles. The molecule has 0 aliphatic carbocycles. The predicted molar refractivity (Wildman–Crippen MR) is 156 cm³/mol. The van der Waals surface area contributed by atoms with Crippen LogP contribution in [0.4, 0.5) is 0 Å². The first-order valence-corrected chi connectivity index (χ1v) is 15.5. The highest BCUT2D eigenvalue weighted by Gasteiger charge is 2.33. The van der Waals surface area contributed by atoms with E-state index in [1.54, 1.807) is 33.5 Å². The topological polar surface area (TPSA) is 110 Å². The van der Waals surface area contributed by atoms with Gasteiger partial charge in [-0.1, -0.05) is 6.92 Å². The summed E-state index contributed by atoms with van der Waals surface area (Å²) in [6.07, 6.45) is 2.05. The molecule has 0 bridgehead atoms. The third-order valence-electron chi connectivity index (χ3n) is 6.68. The molecule has 0 aromatic heterocycles. The maximum atomic E-state index is 13.4. The molecule has 10 nitrogen and oxygen atoms in total. The number of rotatable bonds is 16. The smallest absolute Gasteiger partial charge is 0.203 e. The lowest BCUT2D eigenvalue weighted by Crippen LogP contribution is -2.18. The van der Waals surface area contributed by atoms with Gasteiger partial charge in [0.1, 0.15) is 16.4 Å². The molecule has 11 heteroatoms. The number of carbonyl (C=O) groups is 1. The Morgan fingerprint density at radius 3 is 1.98 bits per heavy atom. The van der Waals surface area contributed by atoms with E-state index >= 15 is 0 Å². The molecule has 1 fully saturated rings. The van der Waals surface area contributed by atoms with Crippen LogP contribution in [0.2, 0.25) is 0 Å². The summed E-state index contributed by atoms with van der Waals surface area (Å²) in [6.45, 7) is 4.68. The molecule has 2 aromatic rings. The summed E-state index contributed by atoms with van der Waals surface area (Å²) in [6, 6.07) is 7.09. The molecule has 0 saturated carbocycles. The molecule has 3 rings (SSSR count). The SMILES string of the molecule is CCCOc1c(OCCCN(C)C)cc([C@@H]2CC[C@@H](c3cc(OC)c(OC)c(OC)c3)O2)cc1S(=O)(=O)CC(C)=O. The second-order valence-corrected chi connectivity index (χ2v) is 12.3. The highest BCUT2D eigenvalue weighted by molar-refractivity contribution is 7.92. The van der Waals surface area contributed by atoms with Gasteiger partial charge in [-0.15, -0.1) is 0 Å². The molecule has 0 radical (unpaired) electrons. The van der Waals surface area contributed by atoms with Gasteiger partial charge in [-0.25, -0.2) is 8.42 Å². The van der Waals surface area contributed by atoms with Gasteiger partial charge in [0.05, 0.1) is 46.8 Å². The van der Waals surface area contributed by atoms with Crippen LogP contribution < -0.4 is 23.7 Å². The Kier molecular flexibility index (Phi) is 11.7. The first-order chi connectivity index (χ1) is 19.5. The third kappa shape index (κ3) is 8.27. The van der Waals surface area contributed by atoms with Crippen LogP contribution in [-0.4, -0.2) is 80.0 Å². The van der Waals surface area contributed by atoms with Crippen molar-refractivity contribution in [1.82, 2.24) is 4.90 Å². The zero-order valence-electron chi connectivity index (χ0n) is 25.2. The van der Waals surface area contributed by atoms with Crippen LogP contribution in [-0.2, 0) is 19.4 Å². The van der Waals surface area contributed by atoms with Gasteiger partial charge in [-0.05, 0) is 82.1 Å². The highest BCUT2D eigenvalue weighted by Crippen LogP contribution is 2.48. The molecule has 1 aliphatic rings. The summed E-state index contributed by atoms with van der Waals surface area (Å²) in [5, 5.41) is 0. The van der Waals surface area contributed by atoms with Crippen molar-refractivity contribution >= 4 is 15.6 Å². The van der Waals surface area contributed by atoms with Gasteiger partial charge >= 0.3 is 0 Å². The molecule has 0 amide bonds. The first kappa shape index (κ1) is 32.5. The van der Waals surface area contributed by atoms with Gasteiger partial charge in [0.15, 0.2) is 32.8 Å². The van der Waals surface area contributed by atoms with E-state index in [4.69, 9.17) is 28.4 Å². The van der Waals surface area contributed by atoms with E-state index in [-0.39, 0.29) is 16.7 Å². The normalized spacial score (nSPS) is 17.0. The monoisotopic (exact) mass is 593 g/mol. The van der Waals surface area contributed by atoms with Crippen molar-refractivity contribution in [3.05, 3.63) is 35.4 Å². The van der Waals surface area contributed by atoms with E-state index in [2.05, 4.69) is 0 Å². The Labute approximate surface area is 243 Å². The van der Waals surface area contributed by atoms with E-state index in [1.807, 2.05) is 38.1 Å². The van der Waals surface area contributed by atoms with Crippen molar-refractivity contribution in [2.45, 2.75) is 56.6 Å². The zero-order chi connectivity index (χ0) is 30.2. The van der Waals surface area contributed by atoms with Crippen LogP contribution in [0.5, 0.6) is 28.7 Å². The Hall–Kier alpha value is -3.02. The minimum absolute atomic E-state index is 0.0545.